The number of amides is 2. The second-order valence-electron chi connectivity index (χ2n) is 7.79. The Labute approximate surface area is 176 Å². The van der Waals surface area contributed by atoms with E-state index in [1.807, 2.05) is 38.1 Å². The number of nitrogens with zero attached hydrogens (tertiary/aromatic N) is 2. The highest BCUT2D eigenvalue weighted by Gasteiger charge is 2.51. The van der Waals surface area contributed by atoms with Gasteiger partial charge in [0.2, 0.25) is 11.8 Å². The summed E-state index contributed by atoms with van der Waals surface area (Å²) in [5.74, 6) is -0.537. The minimum Gasteiger partial charge on any atom is -0.349 e. The molecular weight excluding hydrogens is 376 g/mol. The fraction of sp³-hybridized carbons (Fsp3) is 0.333. The van der Waals surface area contributed by atoms with Crippen molar-refractivity contribution in [2.24, 2.45) is 5.41 Å². The SMILES string of the molecule is CC(NC(=O)C1(C(=O)NC(C)c2ccc(C#N)cc2)CCC1)c1ccc(C#N)cc1. The van der Waals surface area contributed by atoms with Crippen LogP contribution in [0.2, 0.25) is 0 Å². The van der Waals surface area contributed by atoms with Crippen molar-refractivity contribution in [2.75, 3.05) is 0 Å². The highest BCUT2D eigenvalue weighted by molar-refractivity contribution is 6.06. The predicted octanol–water partition coefficient (Wildman–Crippen LogP) is 3.65. The molecule has 2 atom stereocenters. The van der Waals surface area contributed by atoms with Crippen LogP contribution >= 0.6 is 0 Å². The van der Waals surface area contributed by atoms with Crippen LogP contribution in [0.5, 0.6) is 0 Å². The minimum absolute atomic E-state index is 0.268. The fourth-order valence-electron chi connectivity index (χ4n) is 3.62. The number of carbonyl (C=O) groups excluding carboxylic acids is 2. The van der Waals surface area contributed by atoms with Gasteiger partial charge in [0.25, 0.3) is 0 Å². The molecule has 6 nitrogen and oxygen atoms in total. The molecule has 3 rings (SSSR count). The van der Waals surface area contributed by atoms with E-state index in [2.05, 4.69) is 22.8 Å². The summed E-state index contributed by atoms with van der Waals surface area (Å²) in [4.78, 5) is 26.1. The van der Waals surface area contributed by atoms with Gasteiger partial charge in [-0.3, -0.25) is 9.59 Å². The van der Waals surface area contributed by atoms with Gasteiger partial charge in [-0.15, -0.1) is 0 Å². The van der Waals surface area contributed by atoms with Gasteiger partial charge < -0.3 is 10.6 Å². The molecule has 6 heteroatoms. The third-order valence-electron chi connectivity index (χ3n) is 5.85. The van der Waals surface area contributed by atoms with E-state index in [9.17, 15) is 9.59 Å². The van der Waals surface area contributed by atoms with Crippen LogP contribution in [0.4, 0.5) is 0 Å². The second kappa shape index (κ2) is 8.80. The molecule has 2 amide bonds. The number of carbonyl (C=O) groups is 2. The zero-order chi connectivity index (χ0) is 21.7. The number of hydrogen-bond donors (Lipinski definition) is 2. The number of benzene rings is 2. The Morgan fingerprint density at radius 2 is 1.17 bits per heavy atom. The zero-order valence-corrected chi connectivity index (χ0v) is 17.1. The van der Waals surface area contributed by atoms with Crippen LogP contribution in [-0.2, 0) is 9.59 Å². The summed E-state index contributed by atoms with van der Waals surface area (Å²) in [6.45, 7) is 3.73. The van der Waals surface area contributed by atoms with E-state index in [0.717, 1.165) is 17.5 Å². The highest BCUT2D eigenvalue weighted by atomic mass is 16.2. The van der Waals surface area contributed by atoms with Crippen molar-refractivity contribution in [3.63, 3.8) is 0 Å². The summed E-state index contributed by atoms with van der Waals surface area (Å²) < 4.78 is 0. The summed E-state index contributed by atoms with van der Waals surface area (Å²) in [7, 11) is 0. The molecule has 2 N–H and O–H groups in total. The summed E-state index contributed by atoms with van der Waals surface area (Å²) in [6.07, 6.45) is 1.87. The third kappa shape index (κ3) is 4.18. The smallest absolute Gasteiger partial charge is 0.236 e. The first kappa shape index (κ1) is 21.1. The van der Waals surface area contributed by atoms with Gasteiger partial charge in [-0.25, -0.2) is 0 Å². The Bertz CT molecular complexity index is 930. The van der Waals surface area contributed by atoms with Gasteiger partial charge in [0, 0.05) is 0 Å². The summed E-state index contributed by atoms with van der Waals surface area (Å²) in [5.41, 5.74) is 1.82. The molecule has 0 spiro atoms. The molecule has 0 aliphatic heterocycles. The van der Waals surface area contributed by atoms with Gasteiger partial charge in [-0.05, 0) is 62.1 Å². The van der Waals surface area contributed by atoms with E-state index in [-0.39, 0.29) is 23.9 Å². The van der Waals surface area contributed by atoms with Crippen LogP contribution in [0.25, 0.3) is 0 Å². The molecule has 152 valence electrons. The fourth-order valence-corrected chi connectivity index (χ4v) is 3.62. The molecule has 2 aromatic carbocycles. The van der Waals surface area contributed by atoms with E-state index in [1.54, 1.807) is 24.3 Å². The van der Waals surface area contributed by atoms with Gasteiger partial charge in [-0.1, -0.05) is 30.7 Å². The van der Waals surface area contributed by atoms with Crippen molar-refractivity contribution in [2.45, 2.75) is 45.2 Å². The number of rotatable bonds is 6. The van der Waals surface area contributed by atoms with E-state index >= 15 is 0 Å². The molecule has 0 bridgehead atoms. The van der Waals surface area contributed by atoms with Crippen LogP contribution in [0.1, 0.15) is 67.4 Å². The maximum atomic E-state index is 13.0. The first-order valence-corrected chi connectivity index (χ1v) is 10.0. The Morgan fingerprint density at radius 1 is 0.800 bits per heavy atom. The largest absolute Gasteiger partial charge is 0.349 e. The Kier molecular flexibility index (Phi) is 6.18. The second-order valence-corrected chi connectivity index (χ2v) is 7.79. The average Bonchev–Trinajstić information content (AvgIpc) is 2.72. The molecule has 0 heterocycles. The van der Waals surface area contributed by atoms with E-state index in [1.165, 1.54) is 0 Å². The lowest BCUT2D eigenvalue weighted by atomic mass is 9.67. The van der Waals surface area contributed by atoms with Crippen LogP contribution in [0, 0.1) is 28.1 Å². The molecule has 0 aromatic heterocycles. The molecule has 2 aromatic rings. The van der Waals surface area contributed by atoms with Crippen molar-refractivity contribution in [3.05, 3.63) is 70.8 Å². The molecule has 1 saturated carbocycles. The van der Waals surface area contributed by atoms with Crippen molar-refractivity contribution in [1.82, 2.24) is 10.6 Å². The first-order chi connectivity index (χ1) is 14.4. The van der Waals surface area contributed by atoms with Crippen LogP contribution in [0.3, 0.4) is 0 Å². The number of nitriles is 2. The topological polar surface area (TPSA) is 106 Å². The molecule has 1 aliphatic rings. The molecule has 1 aliphatic carbocycles. The molecule has 0 radical (unpaired) electrons. The normalized spacial score (nSPS) is 16.1. The minimum atomic E-state index is -1.05. The van der Waals surface area contributed by atoms with E-state index in [4.69, 9.17) is 10.5 Å². The Morgan fingerprint density at radius 3 is 1.43 bits per heavy atom. The van der Waals surface area contributed by atoms with Gasteiger partial charge in [0.15, 0.2) is 0 Å². The zero-order valence-electron chi connectivity index (χ0n) is 17.1. The molecular formula is C24H24N4O2. The maximum absolute atomic E-state index is 13.0. The molecule has 0 saturated heterocycles. The van der Waals surface area contributed by atoms with Gasteiger partial charge in [-0.2, -0.15) is 10.5 Å². The van der Waals surface area contributed by atoms with Crippen LogP contribution < -0.4 is 10.6 Å². The quantitative estimate of drug-likeness (QED) is 0.722. The van der Waals surface area contributed by atoms with Crippen LogP contribution in [-0.4, -0.2) is 11.8 Å². The predicted molar refractivity (Wildman–Crippen MR) is 112 cm³/mol. The van der Waals surface area contributed by atoms with E-state index < -0.39 is 5.41 Å². The lowest BCUT2D eigenvalue weighted by molar-refractivity contribution is -0.150. The van der Waals surface area contributed by atoms with Crippen LogP contribution in [0.15, 0.2) is 48.5 Å². The van der Waals surface area contributed by atoms with Gasteiger partial charge in [0.1, 0.15) is 5.41 Å². The standard InChI is InChI=1S/C24H24N4O2/c1-16(20-8-4-18(14-25)5-9-20)27-22(29)24(12-3-13-24)23(30)28-17(2)21-10-6-19(15-26)7-11-21/h4-11,16-17H,3,12-13H2,1-2H3,(H,27,29)(H,28,30). The molecule has 30 heavy (non-hydrogen) atoms. The van der Waals surface area contributed by atoms with Gasteiger partial charge in [0.05, 0.1) is 35.3 Å². The lowest BCUT2D eigenvalue weighted by Gasteiger charge is -2.40. The van der Waals surface area contributed by atoms with Crippen molar-refractivity contribution >= 4 is 11.8 Å². The first-order valence-electron chi connectivity index (χ1n) is 10.0. The Balaban J connectivity index is 1.67. The third-order valence-corrected chi connectivity index (χ3v) is 5.85. The summed E-state index contributed by atoms with van der Waals surface area (Å²) in [5, 5.41) is 23.8. The lowest BCUT2D eigenvalue weighted by Crippen LogP contribution is -2.55. The monoisotopic (exact) mass is 400 g/mol. The van der Waals surface area contributed by atoms with E-state index in [0.29, 0.717) is 24.0 Å². The summed E-state index contributed by atoms with van der Waals surface area (Å²) >= 11 is 0. The van der Waals surface area contributed by atoms with Crippen molar-refractivity contribution < 1.29 is 9.59 Å². The van der Waals surface area contributed by atoms with Crippen molar-refractivity contribution in [1.29, 1.82) is 10.5 Å². The number of hydrogen-bond acceptors (Lipinski definition) is 4. The maximum Gasteiger partial charge on any atom is 0.236 e. The Hall–Kier alpha value is -3.64. The van der Waals surface area contributed by atoms with Crippen molar-refractivity contribution in [3.8, 4) is 12.1 Å². The molecule has 1 fully saturated rings. The highest BCUT2D eigenvalue weighted by Crippen LogP contribution is 2.42. The van der Waals surface area contributed by atoms with Gasteiger partial charge >= 0.3 is 0 Å². The average molecular weight is 400 g/mol. The summed E-state index contributed by atoms with van der Waals surface area (Å²) in [6, 6.07) is 17.7. The number of nitrogens with one attached hydrogen (secondary N) is 2. The molecule has 2 unspecified atom stereocenters.